The van der Waals surface area contributed by atoms with Crippen LogP contribution in [-0.4, -0.2) is 55.6 Å². The fraction of sp³-hybridized carbons (Fsp3) is 0.350. The van der Waals surface area contributed by atoms with Crippen molar-refractivity contribution in [3.63, 3.8) is 0 Å². The van der Waals surface area contributed by atoms with Gasteiger partial charge in [-0.25, -0.2) is 27.3 Å². The summed E-state index contributed by atoms with van der Waals surface area (Å²) in [5.41, 5.74) is 0.869. The Morgan fingerprint density at radius 3 is 2.84 bits per heavy atom. The molecule has 2 atom stereocenters. The lowest BCUT2D eigenvalue weighted by atomic mass is 9.94. The maximum absolute atomic E-state index is 14.9. The lowest BCUT2D eigenvalue weighted by molar-refractivity contribution is -0.139. The van der Waals surface area contributed by atoms with Gasteiger partial charge in [-0.2, -0.15) is 0 Å². The zero-order valence-electron chi connectivity index (χ0n) is 17.2. The molecule has 1 saturated heterocycles. The second-order valence-electron chi connectivity index (χ2n) is 7.34. The highest BCUT2D eigenvalue weighted by Crippen LogP contribution is 2.41. The third kappa shape index (κ3) is 4.56. The lowest BCUT2D eigenvalue weighted by Crippen LogP contribution is -2.39. The maximum Gasteiger partial charge on any atom is 0.338 e. The first-order valence-corrected chi connectivity index (χ1v) is 12.9. The normalized spacial score (nSPS) is 20.9. The van der Waals surface area contributed by atoms with Gasteiger partial charge in [0.15, 0.2) is 10.8 Å². The smallest absolute Gasteiger partial charge is 0.338 e. The zero-order valence-corrected chi connectivity index (χ0v) is 19.6. The van der Waals surface area contributed by atoms with Crippen LogP contribution in [0.3, 0.4) is 0 Å². The number of hydrogen-bond donors (Lipinski definition) is 1. The fourth-order valence-corrected chi connectivity index (χ4v) is 5.46. The molecule has 32 heavy (non-hydrogen) atoms. The molecule has 0 unspecified atom stereocenters. The molecule has 1 aromatic carbocycles. The van der Waals surface area contributed by atoms with Crippen molar-refractivity contribution in [2.24, 2.45) is 4.99 Å². The minimum absolute atomic E-state index is 0.125. The van der Waals surface area contributed by atoms with Crippen LogP contribution in [0, 0.1) is 5.82 Å². The number of aromatic nitrogens is 1. The number of hydrogen-bond acceptors (Lipinski definition) is 8. The summed E-state index contributed by atoms with van der Waals surface area (Å²) < 4.78 is 46.5. The average molecular weight is 499 g/mol. The molecule has 0 radical (unpaired) electrons. The monoisotopic (exact) mass is 498 g/mol. The Hall–Kier alpha value is -2.34. The van der Waals surface area contributed by atoms with E-state index in [1.807, 2.05) is 0 Å². The fourth-order valence-electron chi connectivity index (χ4n) is 3.90. The molecular weight excluding hydrogens is 479 g/mol. The first-order chi connectivity index (χ1) is 15.2. The van der Waals surface area contributed by atoms with Crippen LogP contribution in [0.1, 0.15) is 30.0 Å². The minimum atomic E-state index is -3.49. The van der Waals surface area contributed by atoms with Crippen LogP contribution in [-0.2, 0) is 19.6 Å². The Balaban J connectivity index is 1.89. The number of benzene rings is 1. The van der Waals surface area contributed by atoms with E-state index < -0.39 is 33.9 Å². The van der Waals surface area contributed by atoms with Gasteiger partial charge >= 0.3 is 5.97 Å². The molecule has 2 aliphatic rings. The summed E-state index contributed by atoms with van der Waals surface area (Å²) in [6.45, 7) is 2.05. The molecule has 2 aromatic rings. The number of esters is 1. The van der Waals surface area contributed by atoms with Gasteiger partial charge in [0, 0.05) is 46.9 Å². The van der Waals surface area contributed by atoms with Gasteiger partial charge in [0.05, 0.1) is 18.4 Å². The van der Waals surface area contributed by atoms with Gasteiger partial charge in [0.25, 0.3) is 0 Å². The van der Waals surface area contributed by atoms with E-state index in [2.05, 4.69) is 9.71 Å². The lowest BCUT2D eigenvalue weighted by Gasteiger charge is -2.31. The van der Waals surface area contributed by atoms with Crippen molar-refractivity contribution < 1.29 is 22.3 Å². The van der Waals surface area contributed by atoms with Crippen LogP contribution in [0.15, 0.2) is 46.0 Å². The number of fused-ring (bicyclic) bond motifs is 1. The van der Waals surface area contributed by atoms with E-state index in [9.17, 15) is 17.6 Å². The van der Waals surface area contributed by atoms with Gasteiger partial charge in [-0.3, -0.25) is 4.99 Å². The summed E-state index contributed by atoms with van der Waals surface area (Å²) in [6, 6.07) is 2.69. The van der Waals surface area contributed by atoms with Gasteiger partial charge in [0.1, 0.15) is 11.9 Å². The number of aliphatic imine (C=N–C) groups is 1. The Morgan fingerprint density at radius 1 is 1.44 bits per heavy atom. The van der Waals surface area contributed by atoms with Gasteiger partial charge < -0.3 is 9.64 Å². The number of carbonyl (C=O) groups is 1. The molecule has 1 aromatic heterocycles. The van der Waals surface area contributed by atoms with Crippen LogP contribution in [0.4, 0.5) is 4.39 Å². The van der Waals surface area contributed by atoms with Crippen LogP contribution in [0.2, 0.25) is 5.02 Å². The largest absolute Gasteiger partial charge is 0.463 e. The average Bonchev–Trinajstić information content (AvgIpc) is 3.35. The first kappa shape index (κ1) is 22.8. The second-order valence-corrected chi connectivity index (χ2v) is 10.5. The Kier molecular flexibility index (Phi) is 6.35. The quantitative estimate of drug-likeness (QED) is 0.614. The zero-order chi connectivity index (χ0) is 23.0. The van der Waals surface area contributed by atoms with Crippen molar-refractivity contribution in [2.45, 2.75) is 25.4 Å². The van der Waals surface area contributed by atoms with E-state index in [1.165, 1.54) is 23.5 Å². The first-order valence-electron chi connectivity index (χ1n) is 9.75. The van der Waals surface area contributed by atoms with Gasteiger partial charge in [0.2, 0.25) is 10.0 Å². The highest BCUT2D eigenvalue weighted by Gasteiger charge is 2.43. The molecule has 1 fully saturated rings. The molecule has 1 N–H and O–H groups in total. The Bertz CT molecular complexity index is 1210. The molecule has 12 heteroatoms. The van der Waals surface area contributed by atoms with Gasteiger partial charge in [-0.15, -0.1) is 11.3 Å². The Morgan fingerprint density at radius 2 is 2.22 bits per heavy atom. The summed E-state index contributed by atoms with van der Waals surface area (Å²) in [6.07, 6.45) is 2.91. The number of thiazole rings is 1. The van der Waals surface area contributed by atoms with Crippen molar-refractivity contribution in [1.29, 1.82) is 0 Å². The number of amidine groups is 1. The predicted octanol–water partition coefficient (Wildman–Crippen LogP) is 2.88. The molecule has 4 rings (SSSR count). The van der Waals surface area contributed by atoms with Crippen molar-refractivity contribution in [3.05, 3.63) is 62.5 Å². The molecule has 0 aliphatic carbocycles. The molecular formula is C20H20ClFN4O4S2. The molecule has 2 aliphatic heterocycles. The summed E-state index contributed by atoms with van der Waals surface area (Å²) in [5, 5.41) is 2.57. The highest BCUT2D eigenvalue weighted by molar-refractivity contribution is 7.88. The highest BCUT2D eigenvalue weighted by atomic mass is 35.5. The SMILES string of the molecule is CCOC(=O)C1=C2C[C@H](NS(C)(=O)=O)CN2C(c2nccs2)=N[C@H]1c1ccc(Cl)cc1F. The topological polar surface area (TPSA) is 101 Å². The van der Waals surface area contributed by atoms with E-state index in [-0.39, 0.29) is 35.7 Å². The van der Waals surface area contributed by atoms with Gasteiger partial charge in [-0.1, -0.05) is 17.7 Å². The van der Waals surface area contributed by atoms with Crippen LogP contribution < -0.4 is 4.72 Å². The van der Waals surface area contributed by atoms with E-state index >= 15 is 0 Å². The number of halogens is 2. The van der Waals surface area contributed by atoms with E-state index in [0.29, 0.717) is 16.5 Å². The summed E-state index contributed by atoms with van der Waals surface area (Å²) >= 11 is 7.26. The van der Waals surface area contributed by atoms with Crippen molar-refractivity contribution in [2.75, 3.05) is 19.4 Å². The van der Waals surface area contributed by atoms with E-state index in [0.717, 1.165) is 12.3 Å². The van der Waals surface area contributed by atoms with Crippen LogP contribution >= 0.6 is 22.9 Å². The molecule has 0 spiro atoms. The maximum atomic E-state index is 14.9. The molecule has 3 heterocycles. The number of ether oxygens (including phenoxy) is 1. The van der Waals surface area contributed by atoms with Gasteiger partial charge in [-0.05, 0) is 19.1 Å². The number of rotatable bonds is 6. The third-order valence-corrected chi connectivity index (χ3v) is 6.78. The second kappa shape index (κ2) is 8.89. The van der Waals surface area contributed by atoms with Crippen molar-refractivity contribution in [3.8, 4) is 0 Å². The summed E-state index contributed by atoms with van der Waals surface area (Å²) in [7, 11) is -3.49. The summed E-state index contributed by atoms with van der Waals surface area (Å²) in [4.78, 5) is 23.8. The molecule has 0 saturated carbocycles. The van der Waals surface area contributed by atoms with Crippen LogP contribution in [0.25, 0.3) is 0 Å². The predicted molar refractivity (Wildman–Crippen MR) is 120 cm³/mol. The molecule has 0 bridgehead atoms. The minimum Gasteiger partial charge on any atom is -0.463 e. The standard InChI is InChI=1S/C20H20ClFN4O4S2/c1-3-30-20(27)16-15-9-12(25-32(2,28)29)10-26(15)18(19-23-6-7-31-19)24-17(16)13-5-4-11(21)8-14(13)22/h4-8,12,17,25H,3,9-10H2,1-2H3/t12-,17-/m0/s1. The van der Waals surface area contributed by atoms with Crippen molar-refractivity contribution >= 4 is 44.8 Å². The number of nitrogens with one attached hydrogen (secondary N) is 1. The van der Waals surface area contributed by atoms with Crippen molar-refractivity contribution in [1.82, 2.24) is 14.6 Å². The molecule has 170 valence electrons. The van der Waals surface area contributed by atoms with Crippen LogP contribution in [0.5, 0.6) is 0 Å². The third-order valence-electron chi connectivity index (χ3n) is 5.02. The number of nitrogens with zero attached hydrogens (tertiary/aromatic N) is 3. The molecule has 8 nitrogen and oxygen atoms in total. The Labute approximate surface area is 193 Å². The number of sulfonamides is 1. The number of carbonyl (C=O) groups excluding carboxylic acids is 1. The van der Waals surface area contributed by atoms with E-state index in [1.54, 1.807) is 23.4 Å². The van der Waals surface area contributed by atoms with E-state index in [4.69, 9.17) is 21.3 Å². The summed E-state index contributed by atoms with van der Waals surface area (Å²) in [5.74, 6) is -0.793. The molecule has 0 amide bonds.